The van der Waals surface area contributed by atoms with Gasteiger partial charge in [0.15, 0.2) is 23.0 Å². The number of aliphatic imine (C=N–C) groups is 2. The van der Waals surface area contributed by atoms with Gasteiger partial charge in [-0.25, -0.2) is 0 Å². The van der Waals surface area contributed by atoms with Crippen molar-refractivity contribution >= 4 is 45.3 Å². The molecule has 10 nitrogen and oxygen atoms in total. The van der Waals surface area contributed by atoms with Crippen LogP contribution in [0.5, 0.6) is 46.0 Å². The highest BCUT2D eigenvalue weighted by molar-refractivity contribution is 6.15. The number of aromatic hydroxyl groups is 8. The molecule has 6 rings (SSSR count). The van der Waals surface area contributed by atoms with E-state index in [1.54, 1.807) is 50.2 Å². The molecule has 278 valence electrons. The second kappa shape index (κ2) is 13.9. The van der Waals surface area contributed by atoms with Gasteiger partial charge in [-0.1, -0.05) is 52.0 Å². The van der Waals surface area contributed by atoms with E-state index in [-0.39, 0.29) is 90.7 Å². The van der Waals surface area contributed by atoms with Gasteiger partial charge in [0, 0.05) is 45.5 Å². The normalized spacial score (nSPS) is 12.1. The number of hydrogen-bond donors (Lipinski definition) is 8. The summed E-state index contributed by atoms with van der Waals surface area (Å²) in [6.45, 7) is 14.6. The van der Waals surface area contributed by atoms with E-state index in [4.69, 9.17) is 0 Å². The Hall–Kier alpha value is -6.42. The summed E-state index contributed by atoms with van der Waals surface area (Å²) in [6.07, 6.45) is 2.54. The van der Waals surface area contributed by atoms with Crippen LogP contribution in [0.2, 0.25) is 0 Å². The lowest BCUT2D eigenvalue weighted by Crippen LogP contribution is -2.01. The van der Waals surface area contributed by atoms with Crippen molar-refractivity contribution < 1.29 is 40.9 Å². The fraction of sp³-hybridized carbons (Fsp3) is 0.227. The fourth-order valence-corrected chi connectivity index (χ4v) is 7.37. The molecule has 0 aromatic heterocycles. The minimum absolute atomic E-state index is 0.0140. The van der Waals surface area contributed by atoms with Crippen LogP contribution in [0.3, 0.4) is 0 Å². The maximum absolute atomic E-state index is 12.4. The zero-order chi connectivity index (χ0) is 39.5. The summed E-state index contributed by atoms with van der Waals surface area (Å²) in [4.78, 5) is 8.86. The lowest BCUT2D eigenvalue weighted by atomic mass is 9.83. The van der Waals surface area contributed by atoms with E-state index in [0.717, 1.165) is 11.1 Å². The third-order valence-corrected chi connectivity index (χ3v) is 9.92. The molecule has 6 aromatic carbocycles. The number of phenolic OH excluding ortho intramolecular Hbond substituents is 8. The van der Waals surface area contributed by atoms with Crippen LogP contribution < -0.4 is 0 Å². The molecule has 0 saturated heterocycles. The highest BCUT2D eigenvalue weighted by Crippen LogP contribution is 2.54. The minimum Gasteiger partial charge on any atom is -0.507 e. The Morgan fingerprint density at radius 3 is 1.15 bits per heavy atom. The number of aryl methyl sites for hydroxylation is 4. The summed E-state index contributed by atoms with van der Waals surface area (Å²) in [6, 6.07) is 13.3. The van der Waals surface area contributed by atoms with Gasteiger partial charge in [0.1, 0.15) is 34.4 Å². The molecular formula is C44H44N2O8. The summed E-state index contributed by atoms with van der Waals surface area (Å²) >= 11 is 0. The molecule has 0 unspecified atom stereocenters. The molecule has 0 amide bonds. The van der Waals surface area contributed by atoms with Gasteiger partial charge < -0.3 is 40.9 Å². The Bertz CT molecular complexity index is 2410. The van der Waals surface area contributed by atoms with E-state index in [0.29, 0.717) is 33.0 Å². The zero-order valence-corrected chi connectivity index (χ0v) is 31.4. The largest absolute Gasteiger partial charge is 0.507 e. The molecule has 0 atom stereocenters. The fourth-order valence-electron chi connectivity index (χ4n) is 7.37. The Balaban J connectivity index is 1.73. The van der Waals surface area contributed by atoms with Crippen molar-refractivity contribution in [3.8, 4) is 57.1 Å². The van der Waals surface area contributed by atoms with Crippen molar-refractivity contribution in [1.82, 2.24) is 0 Å². The number of benzene rings is 6. The lowest BCUT2D eigenvalue weighted by molar-refractivity contribution is 0.398. The van der Waals surface area contributed by atoms with E-state index in [9.17, 15) is 40.9 Å². The molecule has 54 heavy (non-hydrogen) atoms. The first-order chi connectivity index (χ1) is 25.4. The molecule has 10 heteroatoms. The Morgan fingerprint density at radius 2 is 0.815 bits per heavy atom. The van der Waals surface area contributed by atoms with Crippen LogP contribution in [-0.2, 0) is 0 Å². The molecule has 0 aliphatic heterocycles. The van der Waals surface area contributed by atoms with Gasteiger partial charge in [0.2, 0.25) is 0 Å². The van der Waals surface area contributed by atoms with Gasteiger partial charge in [-0.2, -0.15) is 0 Å². The number of fused-ring (bicyclic) bond motifs is 2. The molecule has 0 heterocycles. The smallest absolute Gasteiger partial charge is 0.167 e. The van der Waals surface area contributed by atoms with Crippen molar-refractivity contribution in [3.63, 3.8) is 0 Å². The second-order valence-corrected chi connectivity index (χ2v) is 14.5. The van der Waals surface area contributed by atoms with Gasteiger partial charge in [0.25, 0.3) is 0 Å². The lowest BCUT2D eigenvalue weighted by Gasteiger charge is -2.23. The van der Waals surface area contributed by atoms with Crippen LogP contribution in [0.15, 0.2) is 58.5 Å². The predicted molar refractivity (Wildman–Crippen MR) is 215 cm³/mol. The number of rotatable bonds is 7. The molecule has 0 aliphatic carbocycles. The molecule has 0 radical (unpaired) electrons. The first-order valence-electron chi connectivity index (χ1n) is 17.6. The summed E-state index contributed by atoms with van der Waals surface area (Å²) in [5, 5.41) is 92.3. The second-order valence-electron chi connectivity index (χ2n) is 14.5. The zero-order valence-electron chi connectivity index (χ0n) is 31.4. The Morgan fingerprint density at radius 1 is 0.463 bits per heavy atom. The van der Waals surface area contributed by atoms with Crippen molar-refractivity contribution in [2.24, 2.45) is 9.98 Å². The van der Waals surface area contributed by atoms with E-state index >= 15 is 0 Å². The van der Waals surface area contributed by atoms with Gasteiger partial charge >= 0.3 is 0 Å². The Kier molecular flexibility index (Phi) is 9.58. The summed E-state index contributed by atoms with van der Waals surface area (Å²) in [5.41, 5.74) is 4.31. The van der Waals surface area contributed by atoms with Crippen molar-refractivity contribution in [3.05, 3.63) is 93.0 Å². The van der Waals surface area contributed by atoms with E-state index < -0.39 is 11.5 Å². The number of hydrogen-bond acceptors (Lipinski definition) is 10. The van der Waals surface area contributed by atoms with Gasteiger partial charge in [-0.05, 0) is 96.8 Å². The standard InChI is InChI=1S/C44H44N2O8/c1-19(2)33-25-15-23(7)35(41(51)37(25)27(39(49)43(33)53)17-45-29-13-21(5)9-11-31(29)47)36-24(8)16-26-34(20(3)4)44(54)40(50)28(38(26)42(36)52)18-46-30-14-22(6)10-12-32(30)48/h9-20,47-54H,1-8H3. The maximum Gasteiger partial charge on any atom is 0.167 e. The highest BCUT2D eigenvalue weighted by atomic mass is 16.3. The molecule has 0 fully saturated rings. The topological polar surface area (TPSA) is 187 Å². The third kappa shape index (κ3) is 6.13. The predicted octanol–water partition coefficient (Wildman–Crippen LogP) is 10.3. The SMILES string of the molecule is Cc1ccc(O)c(N=Cc2c(O)c(O)c(C(C)C)c3cc(C)c(-c4c(C)cc5c(C(C)C)c(O)c(O)c(C=Nc6cc(C)ccc6O)c5c4O)c(O)c23)c1. The highest BCUT2D eigenvalue weighted by Gasteiger charge is 2.29. The van der Waals surface area contributed by atoms with Crippen LogP contribution in [0.1, 0.15) is 84.0 Å². The first kappa shape index (κ1) is 37.3. The molecule has 0 saturated carbocycles. The average molecular weight is 729 g/mol. The van der Waals surface area contributed by atoms with Crippen molar-refractivity contribution in [2.75, 3.05) is 0 Å². The number of phenols is 8. The van der Waals surface area contributed by atoms with Crippen LogP contribution in [0.25, 0.3) is 32.7 Å². The van der Waals surface area contributed by atoms with Gasteiger partial charge in [-0.3, -0.25) is 9.98 Å². The van der Waals surface area contributed by atoms with Gasteiger partial charge in [0.05, 0.1) is 11.1 Å². The van der Waals surface area contributed by atoms with Crippen LogP contribution in [0, 0.1) is 27.7 Å². The van der Waals surface area contributed by atoms with Crippen molar-refractivity contribution in [1.29, 1.82) is 0 Å². The first-order valence-corrected chi connectivity index (χ1v) is 17.6. The van der Waals surface area contributed by atoms with E-state index in [2.05, 4.69) is 9.98 Å². The molecular weight excluding hydrogens is 684 g/mol. The molecule has 8 N–H and O–H groups in total. The molecule has 0 bridgehead atoms. The summed E-state index contributed by atoms with van der Waals surface area (Å²) < 4.78 is 0. The quantitative estimate of drug-likeness (QED) is 0.0589. The molecule has 6 aromatic rings. The average Bonchev–Trinajstić information content (AvgIpc) is 3.09. The monoisotopic (exact) mass is 728 g/mol. The molecule has 0 aliphatic rings. The van der Waals surface area contributed by atoms with Crippen LogP contribution >= 0.6 is 0 Å². The van der Waals surface area contributed by atoms with Crippen LogP contribution in [-0.4, -0.2) is 53.3 Å². The van der Waals surface area contributed by atoms with Gasteiger partial charge in [-0.15, -0.1) is 0 Å². The number of nitrogens with zero attached hydrogens (tertiary/aromatic N) is 2. The maximum atomic E-state index is 12.4. The van der Waals surface area contributed by atoms with E-state index in [1.807, 2.05) is 41.5 Å². The van der Waals surface area contributed by atoms with Crippen molar-refractivity contribution in [2.45, 2.75) is 67.2 Å². The Labute approximate surface area is 312 Å². The summed E-state index contributed by atoms with van der Waals surface area (Å²) in [5.74, 6) is -3.20. The van der Waals surface area contributed by atoms with E-state index in [1.165, 1.54) is 24.6 Å². The minimum atomic E-state index is -0.522. The third-order valence-electron chi connectivity index (χ3n) is 9.92. The summed E-state index contributed by atoms with van der Waals surface area (Å²) in [7, 11) is 0. The molecule has 0 spiro atoms. The van der Waals surface area contributed by atoms with Crippen LogP contribution in [0.4, 0.5) is 11.4 Å².